The number of Topliss-reactive ketones (excluding diaryl/α,β-unsaturated/α-hetero) is 1. The van der Waals surface area contributed by atoms with Gasteiger partial charge in [0.25, 0.3) is 0 Å². The van der Waals surface area contributed by atoms with Crippen LogP contribution in [0, 0.1) is 34.0 Å². The van der Waals surface area contributed by atoms with Crippen LogP contribution in [0.4, 0.5) is 0 Å². The van der Waals surface area contributed by atoms with Crippen molar-refractivity contribution >= 4 is 16.7 Å². The Hall–Kier alpha value is -3.18. The predicted molar refractivity (Wildman–Crippen MR) is 94.9 cm³/mol. The first-order valence-corrected chi connectivity index (χ1v) is 8.56. The molecule has 1 aromatic heterocycles. The van der Waals surface area contributed by atoms with Crippen molar-refractivity contribution in [3.63, 3.8) is 0 Å². The summed E-state index contributed by atoms with van der Waals surface area (Å²) in [5.41, 5.74) is 1.68. The molecule has 1 atom stereocenters. The van der Waals surface area contributed by atoms with E-state index < -0.39 is 11.8 Å². The summed E-state index contributed by atoms with van der Waals surface area (Å²) in [6.07, 6.45) is 0.966. The lowest BCUT2D eigenvalue weighted by Crippen LogP contribution is -2.34. The van der Waals surface area contributed by atoms with Gasteiger partial charge in [-0.1, -0.05) is 32.0 Å². The minimum absolute atomic E-state index is 0.0458. The van der Waals surface area contributed by atoms with Gasteiger partial charge in [0.15, 0.2) is 5.78 Å². The Bertz CT molecular complexity index is 1040. The fourth-order valence-corrected chi connectivity index (χ4v) is 3.93. The van der Waals surface area contributed by atoms with Crippen LogP contribution in [0.15, 0.2) is 41.7 Å². The van der Waals surface area contributed by atoms with E-state index in [9.17, 15) is 15.3 Å². The smallest absolute Gasteiger partial charge is 0.223 e. The lowest BCUT2D eigenvalue weighted by Gasteiger charge is -2.38. The number of carbonyl (C=O) groups excluding carboxylic acids is 1. The molecule has 0 saturated carbocycles. The number of ketones is 1. The molecule has 5 heteroatoms. The number of benzene rings is 1. The van der Waals surface area contributed by atoms with Crippen molar-refractivity contribution < 1.29 is 9.53 Å². The van der Waals surface area contributed by atoms with Crippen molar-refractivity contribution in [3.05, 3.63) is 47.2 Å². The highest BCUT2D eigenvalue weighted by Gasteiger charge is 2.45. The Kier molecular flexibility index (Phi) is 3.56. The lowest BCUT2D eigenvalue weighted by molar-refractivity contribution is -0.119. The summed E-state index contributed by atoms with van der Waals surface area (Å²) < 4.78 is 6.05. The van der Waals surface area contributed by atoms with Crippen molar-refractivity contribution in [2.45, 2.75) is 32.6 Å². The summed E-state index contributed by atoms with van der Waals surface area (Å²) in [6, 6.07) is 13.6. The number of hydrogen-bond acceptors (Lipinski definition) is 5. The van der Waals surface area contributed by atoms with E-state index in [0.29, 0.717) is 35.6 Å². The highest BCUT2D eigenvalue weighted by Crippen LogP contribution is 2.50. The molecule has 0 N–H and O–H groups in total. The lowest BCUT2D eigenvalue weighted by atomic mass is 9.69. The van der Waals surface area contributed by atoms with E-state index in [0.717, 1.165) is 10.9 Å². The highest BCUT2D eigenvalue weighted by atomic mass is 16.5. The number of allylic oxidation sites excluding steroid dienone is 2. The van der Waals surface area contributed by atoms with E-state index >= 15 is 0 Å². The van der Waals surface area contributed by atoms with Crippen molar-refractivity contribution in [3.8, 4) is 18.0 Å². The van der Waals surface area contributed by atoms with E-state index in [2.05, 4.69) is 17.1 Å². The van der Waals surface area contributed by atoms with Crippen LogP contribution in [-0.2, 0) is 4.79 Å². The Morgan fingerprint density at radius 1 is 1.23 bits per heavy atom. The van der Waals surface area contributed by atoms with Gasteiger partial charge in [-0.05, 0) is 17.5 Å². The first kappa shape index (κ1) is 16.3. The molecule has 0 unspecified atom stereocenters. The molecule has 2 aliphatic rings. The number of fused-ring (bicyclic) bond motifs is 2. The summed E-state index contributed by atoms with van der Waals surface area (Å²) in [5, 5.41) is 19.9. The van der Waals surface area contributed by atoms with E-state index in [1.54, 1.807) is 0 Å². The topological polar surface area (TPSA) is 86.8 Å². The number of pyridine rings is 1. The molecule has 0 fully saturated rings. The quantitative estimate of drug-likeness (QED) is 0.780. The molecule has 0 spiro atoms. The second-order valence-corrected chi connectivity index (χ2v) is 7.67. The number of rotatable bonds is 1. The molecule has 1 aliphatic carbocycles. The SMILES string of the molecule is CC1(C)CC(=O)C2=C(C1)Oc1nc3ccccc3cc1[C@H]2C(C#N)C#N. The summed E-state index contributed by atoms with van der Waals surface area (Å²) >= 11 is 0. The third-order valence-electron chi connectivity index (χ3n) is 5.07. The molecule has 2 heterocycles. The molecular formula is C21H17N3O2. The summed E-state index contributed by atoms with van der Waals surface area (Å²) in [4.78, 5) is 17.5. The second-order valence-electron chi connectivity index (χ2n) is 7.67. The van der Waals surface area contributed by atoms with E-state index in [-0.39, 0.29) is 11.2 Å². The molecule has 0 saturated heterocycles. The highest BCUT2D eigenvalue weighted by molar-refractivity contribution is 5.99. The number of ether oxygens (including phenoxy) is 1. The van der Waals surface area contributed by atoms with Gasteiger partial charge in [-0.15, -0.1) is 0 Å². The Labute approximate surface area is 151 Å². The zero-order valence-electron chi connectivity index (χ0n) is 14.6. The number of hydrogen-bond donors (Lipinski definition) is 0. The number of nitriles is 2. The van der Waals surface area contributed by atoms with Crippen molar-refractivity contribution in [2.75, 3.05) is 0 Å². The zero-order valence-corrected chi connectivity index (χ0v) is 14.6. The van der Waals surface area contributed by atoms with Crippen molar-refractivity contribution in [2.24, 2.45) is 11.3 Å². The van der Waals surface area contributed by atoms with E-state index in [1.165, 1.54) is 0 Å². The van der Waals surface area contributed by atoms with Gasteiger partial charge < -0.3 is 4.74 Å². The van der Waals surface area contributed by atoms with E-state index in [1.807, 2.05) is 44.2 Å². The third-order valence-corrected chi connectivity index (χ3v) is 5.07. The molecule has 5 nitrogen and oxygen atoms in total. The van der Waals surface area contributed by atoms with Crippen LogP contribution < -0.4 is 4.74 Å². The van der Waals surface area contributed by atoms with Crippen LogP contribution in [0.2, 0.25) is 0 Å². The number of carbonyl (C=O) groups is 1. The average molecular weight is 343 g/mol. The molecule has 0 radical (unpaired) electrons. The molecule has 1 aliphatic heterocycles. The molecule has 2 aromatic rings. The molecule has 26 heavy (non-hydrogen) atoms. The van der Waals surface area contributed by atoms with Gasteiger partial charge in [0.1, 0.15) is 11.7 Å². The van der Waals surface area contributed by atoms with Crippen LogP contribution >= 0.6 is 0 Å². The van der Waals surface area contributed by atoms with Gasteiger partial charge >= 0.3 is 0 Å². The molecule has 4 rings (SSSR count). The fraction of sp³-hybridized carbons (Fsp3) is 0.333. The first-order chi connectivity index (χ1) is 12.4. The van der Waals surface area contributed by atoms with Gasteiger partial charge in [0.05, 0.1) is 23.6 Å². The normalized spacial score (nSPS) is 20.8. The first-order valence-electron chi connectivity index (χ1n) is 8.56. The third kappa shape index (κ3) is 2.45. The predicted octanol–water partition coefficient (Wildman–Crippen LogP) is 4.02. The van der Waals surface area contributed by atoms with Crippen molar-refractivity contribution in [1.82, 2.24) is 4.98 Å². The van der Waals surface area contributed by atoms with Crippen molar-refractivity contribution in [1.29, 1.82) is 10.5 Å². The van der Waals surface area contributed by atoms with Gasteiger partial charge in [-0.2, -0.15) is 10.5 Å². The average Bonchev–Trinajstić information content (AvgIpc) is 2.59. The Morgan fingerprint density at radius 2 is 1.96 bits per heavy atom. The van der Waals surface area contributed by atoms with E-state index in [4.69, 9.17) is 4.74 Å². The maximum absolute atomic E-state index is 12.9. The molecule has 1 aromatic carbocycles. The fourth-order valence-electron chi connectivity index (χ4n) is 3.93. The van der Waals surface area contributed by atoms with Crippen LogP contribution in [-0.4, -0.2) is 10.8 Å². The monoisotopic (exact) mass is 343 g/mol. The van der Waals surface area contributed by atoms with Crippen LogP contribution in [0.25, 0.3) is 10.9 Å². The van der Waals surface area contributed by atoms with Crippen LogP contribution in [0.5, 0.6) is 5.88 Å². The molecule has 128 valence electrons. The van der Waals surface area contributed by atoms with Gasteiger partial charge in [0, 0.05) is 29.4 Å². The minimum Gasteiger partial charge on any atom is -0.443 e. The maximum atomic E-state index is 12.9. The summed E-state index contributed by atoms with van der Waals surface area (Å²) in [6.45, 7) is 4.03. The number of aromatic nitrogens is 1. The standard InChI is InChI=1S/C21H17N3O2/c1-21(2)8-16(25)19-17(9-21)26-20-14(18(19)13(10-22)11-23)7-12-5-3-4-6-15(12)24-20/h3-7,13,18H,8-9H2,1-2H3/t18-/m1/s1. The Balaban J connectivity index is 1.97. The maximum Gasteiger partial charge on any atom is 0.223 e. The largest absolute Gasteiger partial charge is 0.443 e. The number of para-hydroxylation sites is 1. The van der Waals surface area contributed by atoms with Crippen LogP contribution in [0.1, 0.15) is 38.2 Å². The van der Waals surface area contributed by atoms with Gasteiger partial charge in [0.2, 0.25) is 5.88 Å². The molecular weight excluding hydrogens is 326 g/mol. The number of nitrogens with zero attached hydrogens (tertiary/aromatic N) is 3. The van der Waals surface area contributed by atoms with Crippen LogP contribution in [0.3, 0.4) is 0 Å². The molecule has 0 bridgehead atoms. The van der Waals surface area contributed by atoms with Gasteiger partial charge in [-0.25, -0.2) is 4.98 Å². The Morgan fingerprint density at radius 3 is 2.69 bits per heavy atom. The minimum atomic E-state index is -0.962. The molecule has 0 amide bonds. The summed E-state index contributed by atoms with van der Waals surface area (Å²) in [7, 11) is 0. The zero-order chi connectivity index (χ0) is 18.5. The second kappa shape index (κ2) is 5.68. The van der Waals surface area contributed by atoms with Gasteiger partial charge in [-0.3, -0.25) is 4.79 Å². The summed E-state index contributed by atoms with van der Waals surface area (Å²) in [5.74, 6) is -0.675.